The first kappa shape index (κ1) is 24.7. The van der Waals surface area contributed by atoms with Crippen LogP contribution in [0.15, 0.2) is 12.1 Å². The molecule has 0 spiro atoms. The molecule has 0 unspecified atom stereocenters. The number of hydrogen-bond donors (Lipinski definition) is 1. The number of aliphatic hydroxyl groups is 1. The number of methoxy groups -OCH3 is 1. The minimum Gasteiger partial charge on any atom is -0.495 e. The van der Waals surface area contributed by atoms with Crippen LogP contribution >= 0.6 is 11.6 Å². The molecule has 1 aliphatic carbocycles. The van der Waals surface area contributed by atoms with Gasteiger partial charge >= 0.3 is 6.18 Å². The van der Waals surface area contributed by atoms with Gasteiger partial charge in [-0.2, -0.15) is 18.4 Å². The van der Waals surface area contributed by atoms with Gasteiger partial charge in [0.15, 0.2) is 5.60 Å². The Morgan fingerprint density at radius 2 is 2.00 bits per heavy atom. The molecule has 0 aromatic heterocycles. The molecule has 1 heterocycles. The molecule has 1 amide bonds. The summed E-state index contributed by atoms with van der Waals surface area (Å²) in [5, 5.41) is 20.0. The quantitative estimate of drug-likeness (QED) is 0.687. The maximum atomic E-state index is 13.5. The Kier molecular flexibility index (Phi) is 7.02. The van der Waals surface area contributed by atoms with E-state index < -0.39 is 17.7 Å². The van der Waals surface area contributed by atoms with Gasteiger partial charge in [0, 0.05) is 18.2 Å². The molecule has 176 valence electrons. The standard InChI is InChI=1S/C23H28ClF3N2O3/c1-13-15-5-4-6-18(22(2,31)23(25,26)27)16(15)9-10-29(13)20(30)11-17-14(12-28)7-8-19(32-3)21(17)24/h7-8,13,15-16,18,31H,4-6,9-11H2,1-3H3/t13-,15+,16+,18+,22-/m0/s1. The average Bonchev–Trinajstić information content (AvgIpc) is 2.74. The number of alkyl halides is 3. The van der Waals surface area contributed by atoms with Crippen molar-refractivity contribution in [1.82, 2.24) is 4.90 Å². The fourth-order valence-electron chi connectivity index (χ4n) is 5.58. The van der Waals surface area contributed by atoms with Gasteiger partial charge in [0.2, 0.25) is 5.91 Å². The lowest BCUT2D eigenvalue weighted by Gasteiger charge is -2.52. The van der Waals surface area contributed by atoms with Crippen LogP contribution in [0.2, 0.25) is 5.02 Å². The molecule has 32 heavy (non-hydrogen) atoms. The topological polar surface area (TPSA) is 73.6 Å². The van der Waals surface area contributed by atoms with Gasteiger partial charge in [-0.05, 0) is 63.0 Å². The summed E-state index contributed by atoms with van der Waals surface area (Å²) in [6.07, 6.45) is -2.79. The zero-order valence-electron chi connectivity index (χ0n) is 18.4. The molecule has 0 radical (unpaired) electrons. The van der Waals surface area contributed by atoms with Gasteiger partial charge in [-0.25, -0.2) is 0 Å². The first-order chi connectivity index (χ1) is 14.9. The summed E-state index contributed by atoms with van der Waals surface area (Å²) >= 11 is 6.35. The van der Waals surface area contributed by atoms with E-state index in [1.807, 2.05) is 13.0 Å². The van der Waals surface area contributed by atoms with Crippen molar-refractivity contribution in [2.24, 2.45) is 17.8 Å². The van der Waals surface area contributed by atoms with Crippen molar-refractivity contribution in [3.63, 3.8) is 0 Å². The van der Waals surface area contributed by atoms with Crippen LogP contribution in [0.25, 0.3) is 0 Å². The molecule has 1 N–H and O–H groups in total. The summed E-state index contributed by atoms with van der Waals surface area (Å²) < 4.78 is 45.8. The zero-order chi connectivity index (χ0) is 23.8. The number of carbonyl (C=O) groups is 1. The van der Waals surface area contributed by atoms with E-state index in [4.69, 9.17) is 16.3 Å². The second kappa shape index (κ2) is 9.11. The van der Waals surface area contributed by atoms with Crippen LogP contribution < -0.4 is 4.74 Å². The Morgan fingerprint density at radius 1 is 1.31 bits per heavy atom. The van der Waals surface area contributed by atoms with E-state index in [0.717, 1.165) is 6.92 Å². The van der Waals surface area contributed by atoms with Crippen LogP contribution in [0.1, 0.15) is 50.7 Å². The van der Waals surface area contributed by atoms with Crippen molar-refractivity contribution in [3.8, 4) is 11.8 Å². The molecule has 2 fully saturated rings. The van der Waals surface area contributed by atoms with E-state index in [1.54, 1.807) is 17.0 Å². The fraction of sp³-hybridized carbons (Fsp3) is 0.652. The van der Waals surface area contributed by atoms with E-state index in [2.05, 4.69) is 0 Å². The van der Waals surface area contributed by atoms with Crippen molar-refractivity contribution in [2.75, 3.05) is 13.7 Å². The molecular weight excluding hydrogens is 445 g/mol. The molecule has 9 heteroatoms. The second-order valence-corrected chi connectivity index (χ2v) is 9.40. The van der Waals surface area contributed by atoms with E-state index in [-0.39, 0.29) is 40.8 Å². The van der Waals surface area contributed by atoms with Gasteiger partial charge in [-0.1, -0.05) is 18.0 Å². The van der Waals surface area contributed by atoms with Gasteiger partial charge in [0.1, 0.15) is 5.75 Å². The maximum absolute atomic E-state index is 13.5. The third-order valence-electron chi connectivity index (χ3n) is 7.43. The van der Waals surface area contributed by atoms with Crippen molar-refractivity contribution in [3.05, 3.63) is 28.3 Å². The molecule has 5 nitrogen and oxygen atoms in total. The van der Waals surface area contributed by atoms with Gasteiger partial charge in [-0.3, -0.25) is 4.79 Å². The van der Waals surface area contributed by atoms with Crippen LogP contribution in [0.3, 0.4) is 0 Å². The third kappa shape index (κ3) is 4.29. The van der Waals surface area contributed by atoms with Gasteiger partial charge in [0.05, 0.1) is 30.2 Å². The lowest BCUT2D eigenvalue weighted by atomic mass is 9.61. The van der Waals surface area contributed by atoms with Crippen LogP contribution in [0.5, 0.6) is 5.75 Å². The minimum absolute atomic E-state index is 0.0929. The maximum Gasteiger partial charge on any atom is 0.417 e. The van der Waals surface area contributed by atoms with Crippen molar-refractivity contribution < 1.29 is 27.8 Å². The molecule has 2 aliphatic rings. The normalized spacial score (nSPS) is 27.8. The van der Waals surface area contributed by atoms with Gasteiger partial charge in [0.25, 0.3) is 0 Å². The molecule has 1 saturated carbocycles. The first-order valence-electron chi connectivity index (χ1n) is 10.8. The highest BCUT2D eigenvalue weighted by Gasteiger charge is 2.59. The lowest BCUT2D eigenvalue weighted by molar-refractivity contribution is -0.285. The number of fused-ring (bicyclic) bond motifs is 1. The Morgan fingerprint density at radius 3 is 2.59 bits per heavy atom. The monoisotopic (exact) mass is 472 g/mol. The average molecular weight is 473 g/mol. The molecule has 3 rings (SSSR count). The number of ether oxygens (including phenoxy) is 1. The van der Waals surface area contributed by atoms with E-state index in [1.165, 1.54) is 7.11 Å². The van der Waals surface area contributed by atoms with Crippen LogP contribution in [0.4, 0.5) is 13.2 Å². The van der Waals surface area contributed by atoms with Crippen LogP contribution in [-0.4, -0.2) is 47.4 Å². The second-order valence-electron chi connectivity index (χ2n) is 9.02. The first-order valence-corrected chi connectivity index (χ1v) is 11.2. The smallest absolute Gasteiger partial charge is 0.417 e. The summed E-state index contributed by atoms with van der Waals surface area (Å²) in [5.41, 5.74) is -2.09. The minimum atomic E-state index is -4.70. The number of nitriles is 1. The third-order valence-corrected chi connectivity index (χ3v) is 7.84. The van der Waals surface area contributed by atoms with Crippen LogP contribution in [-0.2, 0) is 11.2 Å². The Hall–Kier alpha value is -1.98. The van der Waals surface area contributed by atoms with E-state index in [9.17, 15) is 28.3 Å². The highest BCUT2D eigenvalue weighted by Crippen LogP contribution is 2.51. The molecule has 1 aliphatic heterocycles. The fourth-order valence-corrected chi connectivity index (χ4v) is 5.89. The molecule has 5 atom stereocenters. The van der Waals surface area contributed by atoms with Crippen molar-refractivity contribution in [2.45, 2.75) is 63.8 Å². The number of piperidine rings is 1. The predicted octanol–water partition coefficient (Wildman–Crippen LogP) is 4.73. The van der Waals surface area contributed by atoms with Gasteiger partial charge < -0.3 is 14.7 Å². The largest absolute Gasteiger partial charge is 0.495 e. The number of rotatable bonds is 4. The molecule has 1 aromatic rings. The number of benzene rings is 1. The summed E-state index contributed by atoms with van der Waals surface area (Å²) in [7, 11) is 1.45. The highest BCUT2D eigenvalue weighted by atomic mass is 35.5. The summed E-state index contributed by atoms with van der Waals surface area (Å²) in [6.45, 7) is 3.03. The molecule has 1 aromatic carbocycles. The number of amides is 1. The van der Waals surface area contributed by atoms with E-state index in [0.29, 0.717) is 43.5 Å². The lowest BCUT2D eigenvalue weighted by Crippen LogP contribution is -2.59. The summed E-state index contributed by atoms with van der Waals surface area (Å²) in [5.74, 6) is -1.19. The number of halogens is 4. The number of likely N-dealkylation sites (tertiary alicyclic amines) is 1. The molecule has 1 saturated heterocycles. The Balaban J connectivity index is 1.81. The highest BCUT2D eigenvalue weighted by molar-refractivity contribution is 6.33. The Labute approximate surface area is 191 Å². The van der Waals surface area contributed by atoms with Crippen LogP contribution in [0, 0.1) is 29.1 Å². The predicted molar refractivity (Wildman–Crippen MR) is 113 cm³/mol. The zero-order valence-corrected chi connectivity index (χ0v) is 19.1. The number of hydrogen-bond acceptors (Lipinski definition) is 4. The summed E-state index contributed by atoms with van der Waals surface area (Å²) in [4.78, 5) is 14.9. The SMILES string of the molecule is COc1ccc(C#N)c(CC(=O)N2CC[C@@H]3[C@H](CCC[C@H]3[C@](C)(O)C(F)(F)F)[C@@H]2C)c1Cl. The van der Waals surface area contributed by atoms with E-state index >= 15 is 0 Å². The Bertz CT molecular complexity index is 913. The molecular formula is C23H28ClF3N2O3. The number of nitrogens with zero attached hydrogens (tertiary/aromatic N) is 2. The number of carbonyl (C=O) groups excluding carboxylic acids is 1. The molecule has 0 bridgehead atoms. The van der Waals surface area contributed by atoms with Gasteiger partial charge in [-0.15, -0.1) is 0 Å². The summed E-state index contributed by atoms with van der Waals surface area (Å²) in [6, 6.07) is 4.89. The van der Waals surface area contributed by atoms with Crippen molar-refractivity contribution in [1.29, 1.82) is 5.26 Å². The van der Waals surface area contributed by atoms with Crippen molar-refractivity contribution >= 4 is 17.5 Å².